The summed E-state index contributed by atoms with van der Waals surface area (Å²) in [4.78, 5) is 18.3. The van der Waals surface area contributed by atoms with E-state index in [-0.39, 0.29) is 6.16 Å². The average molecular weight is 272 g/mol. The van der Waals surface area contributed by atoms with Crippen LogP contribution in [0.15, 0.2) is 54.6 Å². The van der Waals surface area contributed by atoms with Gasteiger partial charge in [-0.25, -0.2) is 0 Å². The first-order chi connectivity index (χ1) is 9.03. The lowest BCUT2D eigenvalue weighted by Gasteiger charge is -2.09. The minimum absolute atomic E-state index is 0.220. The highest BCUT2D eigenvalue weighted by atomic mass is 31.2. The first-order valence-electron chi connectivity index (χ1n) is 5.98. The van der Waals surface area contributed by atoms with E-state index in [1.807, 2.05) is 48.5 Å². The zero-order valence-corrected chi connectivity index (χ0v) is 11.0. The molecular formula is C15H13O3P. The van der Waals surface area contributed by atoms with Crippen molar-refractivity contribution in [3.8, 4) is 0 Å². The van der Waals surface area contributed by atoms with Crippen LogP contribution in [-0.4, -0.2) is 9.79 Å². The summed E-state index contributed by atoms with van der Waals surface area (Å²) < 4.78 is 11.2. The molecule has 96 valence electrons. The molecule has 0 radical (unpaired) electrons. The molecule has 0 aliphatic heterocycles. The zero-order chi connectivity index (χ0) is 13.5. The van der Waals surface area contributed by atoms with Crippen molar-refractivity contribution in [1.82, 2.24) is 0 Å². The molecule has 2 N–H and O–H groups in total. The highest BCUT2D eigenvalue weighted by Gasteiger charge is 2.15. The Morgan fingerprint density at radius 3 is 2.16 bits per heavy atom. The molecule has 0 atom stereocenters. The number of rotatable bonds is 2. The Balaban J connectivity index is 2.29. The number of hydrogen-bond acceptors (Lipinski definition) is 1. The molecule has 0 fully saturated rings. The molecule has 3 nitrogen and oxygen atoms in total. The lowest BCUT2D eigenvalue weighted by Crippen LogP contribution is -1.89. The molecule has 19 heavy (non-hydrogen) atoms. The van der Waals surface area contributed by atoms with Crippen LogP contribution in [0.2, 0.25) is 0 Å². The first-order valence-corrected chi connectivity index (χ1v) is 7.78. The van der Waals surface area contributed by atoms with E-state index in [9.17, 15) is 4.57 Å². The van der Waals surface area contributed by atoms with Crippen LogP contribution < -0.4 is 0 Å². The Hall–Kier alpha value is -1.67. The van der Waals surface area contributed by atoms with Crippen molar-refractivity contribution in [1.29, 1.82) is 0 Å². The molecule has 3 aromatic carbocycles. The van der Waals surface area contributed by atoms with Crippen LogP contribution in [0.1, 0.15) is 5.56 Å². The van der Waals surface area contributed by atoms with Crippen LogP contribution >= 0.6 is 7.60 Å². The monoisotopic (exact) mass is 272 g/mol. The molecule has 4 heteroatoms. The molecule has 0 heterocycles. The fraction of sp³-hybridized carbons (Fsp3) is 0.0667. The van der Waals surface area contributed by atoms with E-state index in [0.717, 1.165) is 21.5 Å². The number of hydrogen-bond donors (Lipinski definition) is 2. The van der Waals surface area contributed by atoms with E-state index in [4.69, 9.17) is 9.79 Å². The average Bonchev–Trinajstić information content (AvgIpc) is 2.35. The van der Waals surface area contributed by atoms with Crippen molar-refractivity contribution in [2.24, 2.45) is 0 Å². The molecule has 0 aliphatic rings. The Kier molecular flexibility index (Phi) is 2.90. The van der Waals surface area contributed by atoms with Crippen molar-refractivity contribution >= 4 is 29.1 Å². The summed E-state index contributed by atoms with van der Waals surface area (Å²) in [5.74, 6) is 0. The van der Waals surface area contributed by atoms with Gasteiger partial charge in [-0.3, -0.25) is 4.57 Å². The molecule has 3 rings (SSSR count). The molecule has 0 saturated heterocycles. The smallest absolute Gasteiger partial charge is 0.324 e. The van der Waals surface area contributed by atoms with Crippen molar-refractivity contribution in [3.05, 3.63) is 60.2 Å². The van der Waals surface area contributed by atoms with E-state index in [0.29, 0.717) is 5.56 Å². The maximum Gasteiger partial charge on any atom is 0.329 e. The van der Waals surface area contributed by atoms with Crippen LogP contribution in [0.5, 0.6) is 0 Å². The third kappa shape index (κ3) is 2.54. The van der Waals surface area contributed by atoms with Gasteiger partial charge in [0.15, 0.2) is 0 Å². The van der Waals surface area contributed by atoms with Gasteiger partial charge in [0.2, 0.25) is 0 Å². The van der Waals surface area contributed by atoms with Gasteiger partial charge in [0.25, 0.3) is 0 Å². The Morgan fingerprint density at radius 2 is 1.47 bits per heavy atom. The summed E-state index contributed by atoms with van der Waals surface area (Å²) in [6.07, 6.45) is -0.220. The number of benzene rings is 3. The molecule has 0 spiro atoms. The Labute approximate surface area is 110 Å². The highest BCUT2D eigenvalue weighted by molar-refractivity contribution is 7.50. The molecule has 0 bridgehead atoms. The lowest BCUT2D eigenvalue weighted by atomic mass is 10.0. The van der Waals surface area contributed by atoms with Gasteiger partial charge in [-0.15, -0.1) is 0 Å². The SMILES string of the molecule is O=P(O)(O)Cc1cccc2cc3ccccc3cc12. The van der Waals surface area contributed by atoms with Crippen molar-refractivity contribution in [3.63, 3.8) is 0 Å². The van der Waals surface area contributed by atoms with Gasteiger partial charge < -0.3 is 9.79 Å². The molecule has 0 aromatic heterocycles. The van der Waals surface area contributed by atoms with Gasteiger partial charge in [-0.1, -0.05) is 42.5 Å². The van der Waals surface area contributed by atoms with Gasteiger partial charge in [-0.05, 0) is 39.2 Å². The quantitative estimate of drug-likeness (QED) is 0.552. The van der Waals surface area contributed by atoms with Crippen LogP contribution in [-0.2, 0) is 10.7 Å². The summed E-state index contributed by atoms with van der Waals surface area (Å²) in [5.41, 5.74) is 0.691. The molecular weight excluding hydrogens is 259 g/mol. The summed E-state index contributed by atoms with van der Waals surface area (Å²) >= 11 is 0. The van der Waals surface area contributed by atoms with Gasteiger partial charge in [0, 0.05) is 0 Å². The van der Waals surface area contributed by atoms with Crippen molar-refractivity contribution < 1.29 is 14.4 Å². The van der Waals surface area contributed by atoms with E-state index in [1.54, 1.807) is 6.07 Å². The van der Waals surface area contributed by atoms with Gasteiger partial charge in [0.05, 0.1) is 6.16 Å². The molecule has 3 aromatic rings. The summed E-state index contributed by atoms with van der Waals surface area (Å²) in [5, 5.41) is 4.12. The second kappa shape index (κ2) is 4.46. The molecule has 0 saturated carbocycles. The maximum absolute atomic E-state index is 11.2. The predicted octanol–water partition coefficient (Wildman–Crippen LogP) is 3.67. The number of fused-ring (bicyclic) bond motifs is 2. The highest BCUT2D eigenvalue weighted by Crippen LogP contribution is 2.41. The third-order valence-corrected chi connectivity index (χ3v) is 3.97. The van der Waals surface area contributed by atoms with Gasteiger partial charge >= 0.3 is 7.60 Å². The molecule has 0 unspecified atom stereocenters. The van der Waals surface area contributed by atoms with E-state index in [2.05, 4.69) is 0 Å². The summed E-state index contributed by atoms with van der Waals surface area (Å²) in [6, 6.07) is 17.6. The normalized spacial score (nSPS) is 12.1. The third-order valence-electron chi connectivity index (χ3n) is 3.21. The van der Waals surface area contributed by atoms with E-state index < -0.39 is 7.60 Å². The minimum Gasteiger partial charge on any atom is -0.324 e. The first kappa shape index (κ1) is 12.4. The van der Waals surface area contributed by atoms with E-state index in [1.165, 1.54) is 0 Å². The fourth-order valence-corrected chi connectivity index (χ4v) is 3.11. The zero-order valence-electron chi connectivity index (χ0n) is 10.2. The molecule has 0 aliphatic carbocycles. The molecule has 0 amide bonds. The van der Waals surface area contributed by atoms with E-state index >= 15 is 0 Å². The Bertz CT molecular complexity index is 805. The standard InChI is InChI=1S/C15H13O3P/c16-19(17,18)10-14-7-3-6-13-8-11-4-1-2-5-12(11)9-15(13)14/h1-9H,10H2,(H2,16,17,18). The summed E-state index contributed by atoms with van der Waals surface area (Å²) in [6.45, 7) is 0. The lowest BCUT2D eigenvalue weighted by molar-refractivity contribution is 0.372. The van der Waals surface area contributed by atoms with Gasteiger partial charge in [-0.2, -0.15) is 0 Å². The predicted molar refractivity (Wildman–Crippen MR) is 77.2 cm³/mol. The van der Waals surface area contributed by atoms with Crippen LogP contribution in [0, 0.1) is 0 Å². The van der Waals surface area contributed by atoms with Gasteiger partial charge in [0.1, 0.15) is 0 Å². The van der Waals surface area contributed by atoms with Crippen LogP contribution in [0.3, 0.4) is 0 Å². The van der Waals surface area contributed by atoms with Crippen LogP contribution in [0.4, 0.5) is 0 Å². The second-order valence-corrected chi connectivity index (χ2v) is 6.31. The van der Waals surface area contributed by atoms with Crippen LogP contribution in [0.25, 0.3) is 21.5 Å². The maximum atomic E-state index is 11.2. The largest absolute Gasteiger partial charge is 0.329 e. The second-order valence-electron chi connectivity index (χ2n) is 4.66. The minimum atomic E-state index is -4.05. The Morgan fingerprint density at radius 1 is 0.842 bits per heavy atom. The fourth-order valence-electron chi connectivity index (χ4n) is 2.39. The summed E-state index contributed by atoms with van der Waals surface area (Å²) in [7, 11) is -4.05. The van der Waals surface area contributed by atoms with Crippen molar-refractivity contribution in [2.75, 3.05) is 0 Å². The van der Waals surface area contributed by atoms with Crippen molar-refractivity contribution in [2.45, 2.75) is 6.16 Å². The topological polar surface area (TPSA) is 57.5 Å².